The number of anilines is 1. The Kier molecular flexibility index (Phi) is 7.94. The Balaban J connectivity index is 1.76. The van der Waals surface area contributed by atoms with E-state index in [9.17, 15) is 9.59 Å². The molecule has 1 amide bonds. The molecule has 0 unspecified atom stereocenters. The number of ether oxygens (including phenoxy) is 3. The van der Waals surface area contributed by atoms with Crippen molar-refractivity contribution in [1.82, 2.24) is 14.8 Å². The molecule has 33 heavy (non-hydrogen) atoms. The molecule has 0 atom stereocenters. The van der Waals surface area contributed by atoms with E-state index in [2.05, 4.69) is 15.5 Å². The lowest BCUT2D eigenvalue weighted by Crippen LogP contribution is -2.14. The van der Waals surface area contributed by atoms with E-state index in [0.29, 0.717) is 46.0 Å². The highest BCUT2D eigenvalue weighted by atomic mass is 32.2. The van der Waals surface area contributed by atoms with E-state index in [-0.39, 0.29) is 17.4 Å². The van der Waals surface area contributed by atoms with Crippen LogP contribution >= 0.6 is 11.8 Å². The topological polar surface area (TPSA) is 105 Å². The number of ketones is 1. The van der Waals surface area contributed by atoms with Gasteiger partial charge in [-0.1, -0.05) is 11.8 Å². The van der Waals surface area contributed by atoms with E-state index >= 15 is 0 Å². The fourth-order valence-corrected chi connectivity index (χ4v) is 4.02. The first-order valence-electron chi connectivity index (χ1n) is 10.2. The molecule has 3 aromatic rings. The molecule has 0 saturated heterocycles. The average Bonchev–Trinajstić information content (AvgIpc) is 3.25. The molecule has 0 aliphatic heterocycles. The number of aromatic nitrogens is 3. The summed E-state index contributed by atoms with van der Waals surface area (Å²) in [5.41, 5.74) is 1.97. The number of carbonyl (C=O) groups is 2. The fourth-order valence-electron chi connectivity index (χ4n) is 3.22. The number of nitrogens with one attached hydrogen (secondary N) is 1. The number of carbonyl (C=O) groups excluding carboxylic acids is 2. The molecule has 9 nitrogen and oxygen atoms in total. The Morgan fingerprint density at radius 2 is 1.64 bits per heavy atom. The third kappa shape index (κ3) is 5.46. The molecule has 0 fully saturated rings. The van der Waals surface area contributed by atoms with Gasteiger partial charge in [-0.3, -0.25) is 9.59 Å². The van der Waals surface area contributed by atoms with Gasteiger partial charge in [-0.05, 0) is 50.2 Å². The quantitative estimate of drug-likeness (QED) is 0.351. The highest BCUT2D eigenvalue weighted by Crippen LogP contribution is 2.41. The van der Waals surface area contributed by atoms with Crippen molar-refractivity contribution in [1.29, 1.82) is 0 Å². The Hall–Kier alpha value is -3.53. The highest BCUT2D eigenvalue weighted by molar-refractivity contribution is 7.99. The fraction of sp³-hybridized carbons (Fsp3) is 0.304. The number of hydrogen-bond acceptors (Lipinski definition) is 8. The van der Waals surface area contributed by atoms with E-state index in [0.717, 1.165) is 5.56 Å². The van der Waals surface area contributed by atoms with Crippen LogP contribution in [0.5, 0.6) is 17.2 Å². The van der Waals surface area contributed by atoms with Gasteiger partial charge in [0.15, 0.2) is 28.3 Å². The molecule has 10 heteroatoms. The van der Waals surface area contributed by atoms with Gasteiger partial charge in [0.25, 0.3) is 0 Å². The number of rotatable bonds is 10. The number of thioether (sulfide) groups is 1. The summed E-state index contributed by atoms with van der Waals surface area (Å²) in [6.45, 7) is 4.08. The lowest BCUT2D eigenvalue weighted by molar-refractivity contribution is -0.113. The summed E-state index contributed by atoms with van der Waals surface area (Å²) < 4.78 is 18.2. The van der Waals surface area contributed by atoms with Crippen molar-refractivity contribution in [3.8, 4) is 28.6 Å². The second-order valence-electron chi connectivity index (χ2n) is 6.93. The van der Waals surface area contributed by atoms with Crippen LogP contribution in [0.25, 0.3) is 11.4 Å². The number of amides is 1. The number of Topliss-reactive ketones (excluding diaryl/α,β-unsaturated/α-hetero) is 1. The minimum atomic E-state index is -0.185. The Morgan fingerprint density at radius 3 is 2.15 bits per heavy atom. The summed E-state index contributed by atoms with van der Waals surface area (Å²) in [4.78, 5) is 23.8. The molecule has 0 spiro atoms. The highest BCUT2D eigenvalue weighted by Gasteiger charge is 2.19. The van der Waals surface area contributed by atoms with E-state index in [4.69, 9.17) is 14.2 Å². The molecular weight excluding hydrogens is 444 g/mol. The van der Waals surface area contributed by atoms with Crippen LogP contribution in [0.3, 0.4) is 0 Å². The van der Waals surface area contributed by atoms with Crippen LogP contribution in [0.2, 0.25) is 0 Å². The molecule has 0 radical (unpaired) electrons. The molecule has 0 saturated carbocycles. The average molecular weight is 471 g/mol. The first kappa shape index (κ1) is 24.1. The van der Waals surface area contributed by atoms with Crippen LogP contribution in [-0.2, 0) is 11.3 Å². The second-order valence-corrected chi connectivity index (χ2v) is 7.88. The molecule has 2 aromatic carbocycles. The maximum absolute atomic E-state index is 12.4. The Bertz CT molecular complexity index is 1120. The van der Waals surface area contributed by atoms with E-state index in [1.54, 1.807) is 45.6 Å². The van der Waals surface area contributed by atoms with Gasteiger partial charge in [-0.2, -0.15) is 0 Å². The molecule has 1 N–H and O–H groups in total. The summed E-state index contributed by atoms with van der Waals surface area (Å²) in [6, 6.07) is 10.4. The number of methoxy groups -OCH3 is 3. The zero-order chi connectivity index (χ0) is 24.0. The summed E-state index contributed by atoms with van der Waals surface area (Å²) in [5.74, 6) is 2.10. The van der Waals surface area contributed by atoms with Crippen molar-refractivity contribution in [2.24, 2.45) is 0 Å². The molecule has 1 heterocycles. The van der Waals surface area contributed by atoms with Crippen LogP contribution in [-0.4, -0.2) is 53.5 Å². The first-order chi connectivity index (χ1) is 15.9. The van der Waals surface area contributed by atoms with Gasteiger partial charge < -0.3 is 24.1 Å². The number of nitrogens with zero attached hydrogens (tertiary/aromatic N) is 3. The predicted octanol–water partition coefficient (Wildman–Crippen LogP) is 3.92. The molecule has 174 valence electrons. The van der Waals surface area contributed by atoms with Crippen molar-refractivity contribution in [3.05, 3.63) is 42.0 Å². The van der Waals surface area contributed by atoms with Crippen LogP contribution < -0.4 is 19.5 Å². The van der Waals surface area contributed by atoms with Gasteiger partial charge in [-0.15, -0.1) is 10.2 Å². The van der Waals surface area contributed by atoms with Crippen molar-refractivity contribution >= 4 is 29.1 Å². The zero-order valence-corrected chi connectivity index (χ0v) is 20.0. The molecule has 0 bridgehead atoms. The minimum Gasteiger partial charge on any atom is -0.493 e. The monoisotopic (exact) mass is 470 g/mol. The minimum absolute atomic E-state index is 0.0229. The zero-order valence-electron chi connectivity index (χ0n) is 19.2. The summed E-state index contributed by atoms with van der Waals surface area (Å²) in [5, 5.41) is 12.0. The van der Waals surface area contributed by atoms with Crippen molar-refractivity contribution in [2.75, 3.05) is 32.4 Å². The third-order valence-electron chi connectivity index (χ3n) is 4.86. The lowest BCUT2D eigenvalue weighted by Gasteiger charge is -2.14. The van der Waals surface area contributed by atoms with E-state index in [1.807, 2.05) is 23.6 Å². The standard InChI is InChI=1S/C23H26N4O5S/c1-6-27-22(16-11-18(30-3)21(32-5)19(12-16)31-4)25-26-23(27)33-13-20(29)24-17-9-7-15(8-10-17)14(2)28/h7-12H,6,13H2,1-5H3,(H,24,29). The van der Waals surface area contributed by atoms with Gasteiger partial charge in [0.05, 0.1) is 27.1 Å². The van der Waals surface area contributed by atoms with Crippen LogP contribution in [0.4, 0.5) is 5.69 Å². The van der Waals surface area contributed by atoms with E-state index < -0.39 is 0 Å². The molecule has 3 rings (SSSR count). The van der Waals surface area contributed by atoms with Crippen molar-refractivity contribution in [3.63, 3.8) is 0 Å². The van der Waals surface area contributed by atoms with Crippen LogP contribution in [0.1, 0.15) is 24.2 Å². The normalized spacial score (nSPS) is 10.6. The Labute approximate surface area is 196 Å². The number of benzene rings is 2. The SMILES string of the molecule is CCn1c(SCC(=O)Nc2ccc(C(C)=O)cc2)nnc1-c1cc(OC)c(OC)c(OC)c1. The predicted molar refractivity (Wildman–Crippen MR) is 127 cm³/mol. The van der Waals surface area contributed by atoms with Gasteiger partial charge in [0.1, 0.15) is 0 Å². The maximum Gasteiger partial charge on any atom is 0.234 e. The van der Waals surface area contributed by atoms with Gasteiger partial charge in [0.2, 0.25) is 11.7 Å². The van der Waals surface area contributed by atoms with Gasteiger partial charge >= 0.3 is 0 Å². The second kappa shape index (κ2) is 10.9. The Morgan fingerprint density at radius 1 is 1.00 bits per heavy atom. The van der Waals surface area contributed by atoms with Crippen LogP contribution in [0, 0.1) is 0 Å². The summed E-state index contributed by atoms with van der Waals surface area (Å²) in [6.07, 6.45) is 0. The van der Waals surface area contributed by atoms with E-state index in [1.165, 1.54) is 18.7 Å². The molecule has 0 aliphatic rings. The largest absolute Gasteiger partial charge is 0.493 e. The lowest BCUT2D eigenvalue weighted by atomic mass is 10.1. The molecule has 1 aromatic heterocycles. The van der Waals surface area contributed by atoms with Gasteiger partial charge in [0, 0.05) is 23.4 Å². The summed E-state index contributed by atoms with van der Waals surface area (Å²) >= 11 is 1.29. The van der Waals surface area contributed by atoms with Gasteiger partial charge in [-0.25, -0.2) is 0 Å². The van der Waals surface area contributed by atoms with Crippen molar-refractivity contribution < 1.29 is 23.8 Å². The molecule has 0 aliphatic carbocycles. The smallest absolute Gasteiger partial charge is 0.234 e. The number of hydrogen-bond donors (Lipinski definition) is 1. The van der Waals surface area contributed by atoms with Crippen LogP contribution in [0.15, 0.2) is 41.6 Å². The van der Waals surface area contributed by atoms with Crippen molar-refractivity contribution in [2.45, 2.75) is 25.5 Å². The summed E-state index contributed by atoms with van der Waals surface area (Å²) in [7, 11) is 4.66. The molecular formula is C23H26N4O5S. The third-order valence-corrected chi connectivity index (χ3v) is 5.83. The maximum atomic E-state index is 12.4. The first-order valence-corrected chi connectivity index (χ1v) is 11.2.